The summed E-state index contributed by atoms with van der Waals surface area (Å²) in [6, 6.07) is 3.27. The van der Waals surface area contributed by atoms with Crippen molar-refractivity contribution < 1.29 is 8.42 Å². The van der Waals surface area contributed by atoms with Crippen LogP contribution in [0.2, 0.25) is 5.02 Å². The van der Waals surface area contributed by atoms with Gasteiger partial charge in [-0.3, -0.25) is 9.82 Å². The quantitative estimate of drug-likeness (QED) is 0.759. The zero-order chi connectivity index (χ0) is 14.9. The van der Waals surface area contributed by atoms with Crippen molar-refractivity contribution in [3.63, 3.8) is 0 Å². The summed E-state index contributed by atoms with van der Waals surface area (Å²) in [7, 11) is -3.80. The van der Waals surface area contributed by atoms with E-state index in [-0.39, 0.29) is 11.6 Å². The van der Waals surface area contributed by atoms with E-state index in [0.717, 1.165) is 5.56 Å². The van der Waals surface area contributed by atoms with E-state index in [4.69, 9.17) is 17.3 Å². The number of H-pyrrole nitrogens is 1. The third kappa shape index (κ3) is 2.98. The Morgan fingerprint density at radius 1 is 1.50 bits per heavy atom. The van der Waals surface area contributed by atoms with E-state index in [1.807, 2.05) is 6.92 Å². The SMILES string of the molecule is Cc1cc(Br)c(NS(=O)(=O)c2[nH]ncc2CN)cc1Cl. The van der Waals surface area contributed by atoms with Crippen LogP contribution in [0.5, 0.6) is 0 Å². The van der Waals surface area contributed by atoms with Gasteiger partial charge in [0.2, 0.25) is 0 Å². The van der Waals surface area contributed by atoms with E-state index in [1.165, 1.54) is 12.3 Å². The zero-order valence-corrected chi connectivity index (χ0v) is 13.6. The van der Waals surface area contributed by atoms with Crippen LogP contribution >= 0.6 is 27.5 Å². The van der Waals surface area contributed by atoms with Crippen molar-refractivity contribution in [3.05, 3.63) is 39.0 Å². The van der Waals surface area contributed by atoms with Crippen LogP contribution < -0.4 is 10.5 Å². The van der Waals surface area contributed by atoms with Crippen LogP contribution in [0, 0.1) is 6.92 Å². The van der Waals surface area contributed by atoms with Gasteiger partial charge in [0.05, 0.1) is 11.9 Å². The van der Waals surface area contributed by atoms with Gasteiger partial charge in [0.25, 0.3) is 10.0 Å². The minimum absolute atomic E-state index is 0.0522. The molecule has 0 aliphatic rings. The van der Waals surface area contributed by atoms with E-state index in [0.29, 0.717) is 20.7 Å². The molecule has 0 saturated heterocycles. The number of hydrogen-bond acceptors (Lipinski definition) is 4. The van der Waals surface area contributed by atoms with Gasteiger partial charge in [0.15, 0.2) is 5.03 Å². The summed E-state index contributed by atoms with van der Waals surface area (Å²) >= 11 is 9.30. The fourth-order valence-corrected chi connectivity index (χ4v) is 3.66. The maximum atomic E-state index is 12.3. The van der Waals surface area contributed by atoms with E-state index in [2.05, 4.69) is 30.8 Å². The number of aromatic nitrogens is 2. The van der Waals surface area contributed by atoms with Crippen LogP contribution in [-0.4, -0.2) is 18.6 Å². The lowest BCUT2D eigenvalue weighted by atomic mass is 10.2. The van der Waals surface area contributed by atoms with Gasteiger partial charge >= 0.3 is 0 Å². The molecule has 0 spiro atoms. The van der Waals surface area contributed by atoms with Crippen molar-refractivity contribution in [3.8, 4) is 0 Å². The summed E-state index contributed by atoms with van der Waals surface area (Å²) in [5.41, 5.74) is 7.07. The molecule has 9 heteroatoms. The molecule has 0 aliphatic carbocycles. The monoisotopic (exact) mass is 378 g/mol. The lowest BCUT2D eigenvalue weighted by Crippen LogP contribution is -2.16. The molecule has 0 aliphatic heterocycles. The van der Waals surface area contributed by atoms with Crippen molar-refractivity contribution in [2.75, 3.05) is 4.72 Å². The van der Waals surface area contributed by atoms with Crippen LogP contribution in [0.1, 0.15) is 11.1 Å². The van der Waals surface area contributed by atoms with Gasteiger partial charge in [-0.05, 0) is 40.5 Å². The van der Waals surface area contributed by atoms with Gasteiger partial charge in [-0.2, -0.15) is 13.5 Å². The minimum atomic E-state index is -3.80. The van der Waals surface area contributed by atoms with Gasteiger partial charge in [-0.15, -0.1) is 0 Å². The first kappa shape index (κ1) is 15.3. The highest BCUT2D eigenvalue weighted by Gasteiger charge is 2.21. The maximum absolute atomic E-state index is 12.3. The molecule has 1 aromatic carbocycles. The molecule has 0 fully saturated rings. The first-order chi connectivity index (χ1) is 9.35. The molecule has 1 aromatic heterocycles. The number of sulfonamides is 1. The number of aryl methyl sites for hydroxylation is 1. The molecule has 2 aromatic rings. The zero-order valence-electron chi connectivity index (χ0n) is 10.4. The van der Waals surface area contributed by atoms with Crippen LogP contribution in [0.3, 0.4) is 0 Å². The average molecular weight is 380 g/mol. The van der Waals surface area contributed by atoms with Crippen molar-refractivity contribution in [1.82, 2.24) is 10.2 Å². The van der Waals surface area contributed by atoms with E-state index < -0.39 is 10.0 Å². The molecule has 0 radical (unpaired) electrons. The normalized spacial score (nSPS) is 11.6. The van der Waals surface area contributed by atoms with Gasteiger partial charge in [0.1, 0.15) is 0 Å². The lowest BCUT2D eigenvalue weighted by Gasteiger charge is -2.11. The van der Waals surface area contributed by atoms with Crippen LogP contribution in [0.4, 0.5) is 5.69 Å². The summed E-state index contributed by atoms with van der Waals surface area (Å²) in [6.45, 7) is 1.90. The third-order valence-corrected chi connectivity index (χ3v) is 5.10. The molecular weight excluding hydrogens is 368 g/mol. The van der Waals surface area contributed by atoms with Gasteiger partial charge in [-0.1, -0.05) is 11.6 Å². The molecular formula is C11H12BrClN4O2S. The molecule has 0 amide bonds. The first-order valence-electron chi connectivity index (χ1n) is 5.56. The molecule has 0 saturated carbocycles. The highest BCUT2D eigenvalue weighted by atomic mass is 79.9. The Balaban J connectivity index is 2.41. The van der Waals surface area contributed by atoms with Crippen molar-refractivity contribution in [2.24, 2.45) is 5.73 Å². The van der Waals surface area contributed by atoms with E-state index in [1.54, 1.807) is 6.07 Å². The number of aromatic amines is 1. The number of hydrogen-bond donors (Lipinski definition) is 3. The highest BCUT2D eigenvalue weighted by molar-refractivity contribution is 9.10. The Kier molecular flexibility index (Phi) is 4.38. The number of rotatable bonds is 4. The molecule has 108 valence electrons. The number of halogens is 2. The van der Waals surface area contributed by atoms with E-state index in [9.17, 15) is 8.42 Å². The number of nitrogens with two attached hydrogens (primary N) is 1. The van der Waals surface area contributed by atoms with Crippen molar-refractivity contribution in [1.29, 1.82) is 0 Å². The maximum Gasteiger partial charge on any atom is 0.279 e. The fourth-order valence-electron chi connectivity index (χ4n) is 1.60. The van der Waals surface area contributed by atoms with Gasteiger partial charge < -0.3 is 5.73 Å². The van der Waals surface area contributed by atoms with Crippen LogP contribution in [-0.2, 0) is 16.6 Å². The van der Waals surface area contributed by atoms with Gasteiger partial charge in [0, 0.05) is 21.6 Å². The molecule has 0 atom stereocenters. The summed E-state index contributed by atoms with van der Waals surface area (Å²) in [6.07, 6.45) is 1.38. The molecule has 20 heavy (non-hydrogen) atoms. The summed E-state index contributed by atoms with van der Waals surface area (Å²) in [5.74, 6) is 0. The molecule has 0 unspecified atom stereocenters. The highest BCUT2D eigenvalue weighted by Crippen LogP contribution is 2.30. The van der Waals surface area contributed by atoms with Crippen LogP contribution in [0.15, 0.2) is 27.8 Å². The Bertz CT molecular complexity index is 745. The second kappa shape index (κ2) is 5.72. The molecule has 6 nitrogen and oxygen atoms in total. The topological polar surface area (TPSA) is 101 Å². The van der Waals surface area contributed by atoms with Crippen molar-refractivity contribution in [2.45, 2.75) is 18.5 Å². The number of benzene rings is 1. The summed E-state index contributed by atoms with van der Waals surface area (Å²) in [4.78, 5) is 0. The third-order valence-electron chi connectivity index (χ3n) is 2.66. The molecule has 1 heterocycles. The second-order valence-electron chi connectivity index (χ2n) is 4.12. The Morgan fingerprint density at radius 3 is 2.85 bits per heavy atom. The summed E-state index contributed by atoms with van der Waals surface area (Å²) in [5, 5.41) is 6.54. The lowest BCUT2D eigenvalue weighted by molar-refractivity contribution is 0.596. The minimum Gasteiger partial charge on any atom is -0.326 e. The summed E-state index contributed by atoms with van der Waals surface area (Å²) < 4.78 is 27.6. The second-order valence-corrected chi connectivity index (χ2v) is 7.00. The fraction of sp³-hybridized carbons (Fsp3) is 0.182. The molecule has 2 rings (SSSR count). The smallest absolute Gasteiger partial charge is 0.279 e. The Hall–Kier alpha value is -1.09. The number of nitrogens with one attached hydrogen (secondary N) is 2. The van der Waals surface area contributed by atoms with Gasteiger partial charge in [-0.25, -0.2) is 0 Å². The Labute approximate surface area is 129 Å². The largest absolute Gasteiger partial charge is 0.326 e. The predicted molar refractivity (Wildman–Crippen MR) is 81.2 cm³/mol. The predicted octanol–water partition coefficient (Wildman–Crippen LogP) is 2.39. The first-order valence-corrected chi connectivity index (χ1v) is 8.21. The Morgan fingerprint density at radius 2 is 2.20 bits per heavy atom. The number of anilines is 1. The van der Waals surface area contributed by atoms with E-state index >= 15 is 0 Å². The average Bonchev–Trinajstić information content (AvgIpc) is 2.84. The molecule has 0 bridgehead atoms. The standard InChI is InChI=1S/C11H12BrClN4O2S/c1-6-2-8(12)10(3-9(6)13)17-20(18,19)11-7(4-14)5-15-16-11/h2-3,5,17H,4,14H2,1H3,(H,15,16). The molecule has 4 N–H and O–H groups in total. The van der Waals surface area contributed by atoms with Crippen molar-refractivity contribution >= 4 is 43.2 Å². The van der Waals surface area contributed by atoms with Crippen LogP contribution in [0.25, 0.3) is 0 Å². The number of nitrogens with zero attached hydrogens (tertiary/aromatic N) is 1.